The smallest absolute Gasteiger partial charge is 0.268 e. The quantitative estimate of drug-likeness (QED) is 0.480. The van der Waals surface area contributed by atoms with Crippen LogP contribution in [0.25, 0.3) is 28.2 Å². The number of thiazole rings is 1. The number of aromatic nitrogens is 6. The van der Waals surface area contributed by atoms with Crippen molar-refractivity contribution in [2.45, 2.75) is 0 Å². The second kappa shape index (κ2) is 7.16. The third-order valence-electron chi connectivity index (χ3n) is 4.44. The van der Waals surface area contributed by atoms with Crippen molar-refractivity contribution in [3.05, 3.63) is 71.2 Å². The highest BCUT2D eigenvalue weighted by atomic mass is 32.1. The van der Waals surface area contributed by atoms with Gasteiger partial charge in [0.1, 0.15) is 16.4 Å². The van der Waals surface area contributed by atoms with Crippen molar-refractivity contribution in [3.63, 3.8) is 0 Å². The first-order chi connectivity index (χ1) is 14.6. The van der Waals surface area contributed by atoms with Crippen LogP contribution in [-0.4, -0.2) is 35.3 Å². The molecule has 0 radical (unpaired) electrons. The van der Waals surface area contributed by atoms with Crippen molar-refractivity contribution in [2.75, 3.05) is 5.32 Å². The summed E-state index contributed by atoms with van der Waals surface area (Å²) in [7, 11) is 1.82. The zero-order valence-corrected chi connectivity index (χ0v) is 16.5. The van der Waals surface area contributed by atoms with Gasteiger partial charge in [-0.3, -0.25) is 14.5 Å². The van der Waals surface area contributed by atoms with Gasteiger partial charge in [-0.25, -0.2) is 13.9 Å². The van der Waals surface area contributed by atoms with Gasteiger partial charge in [-0.15, -0.1) is 11.3 Å². The molecule has 0 aliphatic carbocycles. The van der Waals surface area contributed by atoms with Gasteiger partial charge in [0.15, 0.2) is 11.5 Å². The average Bonchev–Trinajstić information content (AvgIpc) is 3.47. The van der Waals surface area contributed by atoms with Crippen LogP contribution in [0.1, 0.15) is 9.67 Å². The normalized spacial score (nSPS) is 11.1. The van der Waals surface area contributed by atoms with Crippen molar-refractivity contribution in [2.24, 2.45) is 7.05 Å². The number of anilines is 1. The number of halogens is 1. The van der Waals surface area contributed by atoms with E-state index in [1.54, 1.807) is 33.0 Å². The summed E-state index contributed by atoms with van der Waals surface area (Å²) in [6.45, 7) is 0. The molecule has 10 heteroatoms. The van der Waals surface area contributed by atoms with Crippen LogP contribution in [-0.2, 0) is 7.05 Å². The number of fused-ring (bicyclic) bond motifs is 1. The third kappa shape index (κ3) is 3.33. The fourth-order valence-electron chi connectivity index (χ4n) is 3.09. The lowest BCUT2D eigenvalue weighted by Gasteiger charge is -2.03. The van der Waals surface area contributed by atoms with E-state index in [9.17, 15) is 9.18 Å². The lowest BCUT2D eigenvalue weighted by molar-refractivity contribution is 0.103. The Bertz CT molecular complexity index is 1360. The standard InChI is InChI=1S/C20H14FN7OS/c1-27-9-14(19(26-27)12-2-4-13(21)5-3-12)15-6-7-18-23-17(10-28(18)25-15)24-20(29)16-8-22-11-30-16/h2-11H,1H3,(H,24,29). The molecule has 0 atom stereocenters. The second-order valence-corrected chi connectivity index (χ2v) is 7.43. The van der Waals surface area contributed by atoms with Gasteiger partial charge in [0.25, 0.3) is 5.91 Å². The van der Waals surface area contributed by atoms with Gasteiger partial charge in [0.05, 0.1) is 23.6 Å². The number of hydrogen-bond acceptors (Lipinski definition) is 6. The van der Waals surface area contributed by atoms with Crippen LogP contribution in [0.3, 0.4) is 0 Å². The molecular formula is C20H14FN7OS. The first-order valence-electron chi connectivity index (χ1n) is 8.93. The maximum Gasteiger partial charge on any atom is 0.268 e. The molecule has 5 rings (SSSR count). The molecule has 0 spiro atoms. The van der Waals surface area contributed by atoms with E-state index >= 15 is 0 Å². The average molecular weight is 419 g/mol. The van der Waals surface area contributed by atoms with Crippen LogP contribution in [0.2, 0.25) is 0 Å². The van der Waals surface area contributed by atoms with Crippen LogP contribution < -0.4 is 5.32 Å². The minimum atomic E-state index is -0.304. The van der Waals surface area contributed by atoms with E-state index in [1.807, 2.05) is 25.4 Å². The van der Waals surface area contributed by atoms with E-state index in [1.165, 1.54) is 29.7 Å². The molecule has 4 heterocycles. The highest BCUT2D eigenvalue weighted by Gasteiger charge is 2.16. The Morgan fingerprint density at radius 2 is 1.93 bits per heavy atom. The number of amides is 1. The zero-order valence-electron chi connectivity index (χ0n) is 15.7. The Morgan fingerprint density at radius 3 is 2.70 bits per heavy atom. The Hall–Kier alpha value is -3.92. The minimum absolute atomic E-state index is 0.271. The molecule has 0 saturated heterocycles. The number of imidazole rings is 1. The summed E-state index contributed by atoms with van der Waals surface area (Å²) < 4.78 is 16.6. The molecule has 5 aromatic rings. The lowest BCUT2D eigenvalue weighted by atomic mass is 10.1. The molecule has 1 N–H and O–H groups in total. The van der Waals surface area contributed by atoms with Gasteiger partial charge in [0, 0.05) is 24.4 Å². The molecule has 1 aromatic carbocycles. The largest absolute Gasteiger partial charge is 0.304 e. The second-order valence-electron chi connectivity index (χ2n) is 6.54. The Kier molecular flexibility index (Phi) is 4.32. The highest BCUT2D eigenvalue weighted by molar-refractivity contribution is 7.11. The Morgan fingerprint density at radius 1 is 1.10 bits per heavy atom. The molecule has 8 nitrogen and oxygen atoms in total. The maximum absolute atomic E-state index is 13.3. The molecule has 0 unspecified atom stereocenters. The minimum Gasteiger partial charge on any atom is -0.304 e. The van der Waals surface area contributed by atoms with E-state index in [2.05, 4.69) is 25.5 Å². The predicted molar refractivity (Wildman–Crippen MR) is 111 cm³/mol. The summed E-state index contributed by atoms with van der Waals surface area (Å²) in [5.41, 5.74) is 5.15. The fourth-order valence-corrected chi connectivity index (χ4v) is 3.60. The number of rotatable bonds is 4. The number of carbonyl (C=O) groups excluding carboxylic acids is 1. The van der Waals surface area contributed by atoms with Gasteiger partial charge in [-0.2, -0.15) is 10.2 Å². The Labute approximate surface area is 173 Å². The molecule has 0 bridgehead atoms. The molecule has 148 valence electrons. The molecule has 4 aromatic heterocycles. The number of nitrogens with one attached hydrogen (secondary N) is 1. The summed E-state index contributed by atoms with van der Waals surface area (Å²) in [6, 6.07) is 9.82. The number of nitrogens with zero attached hydrogens (tertiary/aromatic N) is 6. The third-order valence-corrected chi connectivity index (χ3v) is 5.21. The van der Waals surface area contributed by atoms with Crippen molar-refractivity contribution in [1.82, 2.24) is 29.4 Å². The first kappa shape index (κ1) is 18.1. The summed E-state index contributed by atoms with van der Waals surface area (Å²) in [5, 5.41) is 11.9. The van der Waals surface area contributed by atoms with Gasteiger partial charge in [0.2, 0.25) is 0 Å². The van der Waals surface area contributed by atoms with E-state index in [0.717, 1.165) is 11.1 Å². The van der Waals surface area contributed by atoms with E-state index < -0.39 is 0 Å². The van der Waals surface area contributed by atoms with Gasteiger partial charge in [-0.1, -0.05) is 0 Å². The van der Waals surface area contributed by atoms with Gasteiger partial charge < -0.3 is 5.32 Å². The summed E-state index contributed by atoms with van der Waals surface area (Å²) >= 11 is 1.25. The lowest BCUT2D eigenvalue weighted by Crippen LogP contribution is -2.10. The van der Waals surface area contributed by atoms with Crippen LogP contribution in [0, 0.1) is 5.82 Å². The van der Waals surface area contributed by atoms with Gasteiger partial charge >= 0.3 is 0 Å². The molecule has 1 amide bonds. The molecule has 0 saturated carbocycles. The maximum atomic E-state index is 13.3. The highest BCUT2D eigenvalue weighted by Crippen LogP contribution is 2.30. The summed E-state index contributed by atoms with van der Waals surface area (Å²) in [4.78, 5) is 21.0. The van der Waals surface area contributed by atoms with Gasteiger partial charge in [-0.05, 0) is 36.4 Å². The number of benzene rings is 1. The van der Waals surface area contributed by atoms with Crippen molar-refractivity contribution in [3.8, 4) is 22.5 Å². The van der Waals surface area contributed by atoms with Crippen LogP contribution in [0.15, 0.2) is 60.5 Å². The van der Waals surface area contributed by atoms with Crippen LogP contribution >= 0.6 is 11.3 Å². The summed E-state index contributed by atoms with van der Waals surface area (Å²) in [6.07, 6.45) is 5.01. The molecular weight excluding hydrogens is 405 g/mol. The van der Waals surface area contributed by atoms with Crippen molar-refractivity contribution < 1.29 is 9.18 Å². The van der Waals surface area contributed by atoms with Crippen molar-refractivity contribution in [1.29, 1.82) is 0 Å². The van der Waals surface area contributed by atoms with E-state index in [-0.39, 0.29) is 11.7 Å². The van der Waals surface area contributed by atoms with Crippen LogP contribution in [0.5, 0.6) is 0 Å². The number of carbonyl (C=O) groups is 1. The van der Waals surface area contributed by atoms with Crippen molar-refractivity contribution >= 4 is 28.7 Å². The predicted octanol–water partition coefficient (Wildman–Crippen LogP) is 3.64. The number of aryl methyl sites for hydroxylation is 1. The molecule has 0 aliphatic heterocycles. The molecule has 30 heavy (non-hydrogen) atoms. The first-order valence-corrected chi connectivity index (χ1v) is 9.81. The Balaban J connectivity index is 1.50. The monoisotopic (exact) mass is 419 g/mol. The fraction of sp³-hybridized carbons (Fsp3) is 0.0500. The topological polar surface area (TPSA) is 90.0 Å². The number of hydrogen-bond donors (Lipinski definition) is 1. The van der Waals surface area contributed by atoms with E-state index in [0.29, 0.717) is 27.7 Å². The van der Waals surface area contributed by atoms with E-state index in [4.69, 9.17) is 0 Å². The van der Waals surface area contributed by atoms with Crippen LogP contribution in [0.4, 0.5) is 10.2 Å². The molecule has 0 fully saturated rings. The zero-order chi connectivity index (χ0) is 20.7. The molecule has 0 aliphatic rings. The summed E-state index contributed by atoms with van der Waals surface area (Å²) in [5.74, 6) is -0.183. The SMILES string of the molecule is Cn1cc(-c2ccc3nc(NC(=O)c4cncs4)cn3n2)c(-c2ccc(F)cc2)n1.